The number of fused-ring (bicyclic) bond motifs is 1. The number of hydrogen-bond donors (Lipinski definition) is 0. The molecule has 3 aromatic rings. The third-order valence-electron chi connectivity index (χ3n) is 7.26. The summed E-state index contributed by atoms with van der Waals surface area (Å²) in [6.45, 7) is 1.23. The smallest absolute Gasteiger partial charge is 0.345 e. The van der Waals surface area contributed by atoms with Crippen molar-refractivity contribution in [2.75, 3.05) is 6.54 Å². The standard InChI is InChI=1S/C31H23Cl3N2O6/c1-17-5-4-7-23-27(17)30(40)36(29(23)39)35(28(38)21-6-2-3-8-24(21)33)16-26(37)18-9-12-20(13-10-18)42-31(41)22-14-11-19(32)15-25(22)34/h2-6,8-15,17,23,27H,7,16H2,1H3/t17-,23+,27-/m1/s1. The van der Waals surface area contributed by atoms with Crippen molar-refractivity contribution < 1.29 is 28.7 Å². The normalized spacial score (nSPS) is 19.4. The SMILES string of the molecule is C[C@@H]1C=CC[C@@H]2C(=O)N(N(CC(=O)c3ccc(OC(=O)c4ccc(Cl)cc4Cl)cc3)C(=O)c3ccccc3Cl)C(=O)[C@H]12. The molecule has 1 heterocycles. The maximum atomic E-state index is 13.7. The van der Waals surface area contributed by atoms with Crippen LogP contribution in [0.1, 0.15) is 44.4 Å². The number of hydrazine groups is 1. The quantitative estimate of drug-likeness (QED) is 0.100. The predicted octanol–water partition coefficient (Wildman–Crippen LogP) is 6.30. The molecule has 3 aromatic carbocycles. The number of carbonyl (C=O) groups is 5. The van der Waals surface area contributed by atoms with Crippen LogP contribution in [0.4, 0.5) is 0 Å². The first-order valence-electron chi connectivity index (χ1n) is 13.0. The molecule has 0 N–H and O–H groups in total. The number of benzene rings is 3. The van der Waals surface area contributed by atoms with Crippen molar-refractivity contribution in [3.8, 4) is 5.75 Å². The van der Waals surface area contributed by atoms with E-state index in [1.807, 2.05) is 19.1 Å². The number of halogens is 3. The molecule has 2 aliphatic rings. The predicted molar refractivity (Wildman–Crippen MR) is 156 cm³/mol. The van der Waals surface area contributed by atoms with Crippen LogP contribution in [0.5, 0.6) is 5.75 Å². The van der Waals surface area contributed by atoms with Crippen LogP contribution in [-0.2, 0) is 9.59 Å². The van der Waals surface area contributed by atoms with E-state index < -0.39 is 47.9 Å². The summed E-state index contributed by atoms with van der Waals surface area (Å²) in [6.07, 6.45) is 4.08. The van der Waals surface area contributed by atoms with Crippen LogP contribution in [0, 0.1) is 17.8 Å². The van der Waals surface area contributed by atoms with E-state index in [2.05, 4.69) is 0 Å². The van der Waals surface area contributed by atoms with Crippen LogP contribution in [0.25, 0.3) is 0 Å². The Morgan fingerprint density at radius 3 is 2.29 bits per heavy atom. The van der Waals surface area contributed by atoms with Crippen molar-refractivity contribution in [2.45, 2.75) is 13.3 Å². The average molecular weight is 626 g/mol. The van der Waals surface area contributed by atoms with Gasteiger partial charge >= 0.3 is 5.97 Å². The van der Waals surface area contributed by atoms with Gasteiger partial charge in [-0.25, -0.2) is 9.80 Å². The molecular weight excluding hydrogens is 603 g/mol. The molecule has 3 amide bonds. The first kappa shape index (κ1) is 29.5. The number of ether oxygens (including phenoxy) is 1. The lowest BCUT2D eigenvalue weighted by molar-refractivity contribution is -0.154. The Morgan fingerprint density at radius 1 is 0.905 bits per heavy atom. The third-order valence-corrected chi connectivity index (χ3v) is 8.14. The number of rotatable bonds is 7. The molecule has 1 fully saturated rings. The van der Waals surface area contributed by atoms with Gasteiger partial charge in [0.05, 0.1) is 33.0 Å². The van der Waals surface area contributed by atoms with Gasteiger partial charge in [0.2, 0.25) is 0 Å². The molecule has 8 nitrogen and oxygen atoms in total. The van der Waals surface area contributed by atoms with Gasteiger partial charge in [0.1, 0.15) is 12.3 Å². The third kappa shape index (κ3) is 5.70. The van der Waals surface area contributed by atoms with Crippen molar-refractivity contribution in [1.29, 1.82) is 0 Å². The lowest BCUT2D eigenvalue weighted by atomic mass is 9.78. The summed E-state index contributed by atoms with van der Waals surface area (Å²) in [4.78, 5) is 66.6. The first-order chi connectivity index (χ1) is 20.1. The topological polar surface area (TPSA) is 101 Å². The van der Waals surface area contributed by atoms with Crippen LogP contribution in [0.3, 0.4) is 0 Å². The number of carbonyl (C=O) groups excluding carboxylic acids is 5. The average Bonchev–Trinajstić information content (AvgIpc) is 3.22. The minimum absolute atomic E-state index is 0.0386. The molecule has 11 heteroatoms. The van der Waals surface area contributed by atoms with Crippen LogP contribution in [0.2, 0.25) is 15.1 Å². The summed E-state index contributed by atoms with van der Waals surface area (Å²) in [5.41, 5.74) is 0.305. The van der Waals surface area contributed by atoms with Gasteiger partial charge in [-0.1, -0.05) is 66.0 Å². The molecule has 3 atom stereocenters. The maximum Gasteiger partial charge on any atom is 0.345 e. The molecule has 42 heavy (non-hydrogen) atoms. The fourth-order valence-electron chi connectivity index (χ4n) is 5.13. The Balaban J connectivity index is 1.39. The van der Waals surface area contributed by atoms with Gasteiger partial charge in [-0.3, -0.25) is 19.2 Å². The van der Waals surface area contributed by atoms with Crippen LogP contribution < -0.4 is 4.74 Å². The van der Waals surface area contributed by atoms with Gasteiger partial charge in [0.25, 0.3) is 17.7 Å². The van der Waals surface area contributed by atoms with Gasteiger partial charge in [-0.05, 0) is 66.9 Å². The number of imide groups is 1. The van der Waals surface area contributed by atoms with Crippen molar-refractivity contribution in [2.24, 2.45) is 17.8 Å². The minimum Gasteiger partial charge on any atom is -0.423 e. The number of nitrogens with zero attached hydrogens (tertiary/aromatic N) is 2. The van der Waals surface area contributed by atoms with Crippen molar-refractivity contribution in [3.63, 3.8) is 0 Å². The van der Waals surface area contributed by atoms with E-state index in [0.717, 1.165) is 10.0 Å². The van der Waals surface area contributed by atoms with Gasteiger partial charge in [-0.2, -0.15) is 5.01 Å². The highest BCUT2D eigenvalue weighted by Crippen LogP contribution is 2.39. The zero-order valence-corrected chi connectivity index (χ0v) is 24.4. The zero-order chi connectivity index (χ0) is 30.1. The summed E-state index contributed by atoms with van der Waals surface area (Å²) in [6, 6.07) is 16.2. The largest absolute Gasteiger partial charge is 0.423 e. The Kier molecular flexibility index (Phi) is 8.50. The summed E-state index contributed by atoms with van der Waals surface area (Å²) in [7, 11) is 0. The summed E-state index contributed by atoms with van der Waals surface area (Å²) < 4.78 is 5.36. The van der Waals surface area contributed by atoms with Crippen molar-refractivity contribution in [1.82, 2.24) is 10.0 Å². The Bertz CT molecular complexity index is 1640. The molecule has 0 radical (unpaired) electrons. The summed E-state index contributed by atoms with van der Waals surface area (Å²) >= 11 is 18.2. The number of hydrogen-bond acceptors (Lipinski definition) is 6. The highest BCUT2D eigenvalue weighted by molar-refractivity contribution is 6.36. The summed E-state index contributed by atoms with van der Waals surface area (Å²) in [5, 5.41) is 2.27. The van der Waals surface area contributed by atoms with E-state index in [1.54, 1.807) is 12.1 Å². The number of esters is 1. The number of Topliss-reactive ketones (excluding diaryl/α,β-unsaturated/α-hetero) is 1. The van der Waals surface area contributed by atoms with Gasteiger partial charge < -0.3 is 4.74 Å². The lowest BCUT2D eigenvalue weighted by Gasteiger charge is -2.30. The van der Waals surface area contributed by atoms with Gasteiger partial charge in [-0.15, -0.1) is 0 Å². The second-order valence-corrected chi connectivity index (χ2v) is 11.2. The van der Waals surface area contributed by atoms with Gasteiger partial charge in [0, 0.05) is 10.6 Å². The molecular formula is C31H23Cl3N2O6. The first-order valence-corrected chi connectivity index (χ1v) is 14.1. The number of amides is 3. The molecule has 0 bridgehead atoms. The Hall–Kier alpha value is -3.98. The molecule has 0 aromatic heterocycles. The molecule has 0 unspecified atom stereocenters. The molecule has 0 saturated carbocycles. The number of ketones is 1. The molecule has 214 valence electrons. The molecule has 5 rings (SSSR count). The second kappa shape index (κ2) is 12.1. The molecule has 1 aliphatic heterocycles. The zero-order valence-electron chi connectivity index (χ0n) is 22.1. The number of allylic oxidation sites excluding steroid dienone is 2. The van der Waals surface area contributed by atoms with Crippen molar-refractivity contribution in [3.05, 3.63) is 111 Å². The summed E-state index contributed by atoms with van der Waals surface area (Å²) in [5.74, 6) is -4.46. The fraction of sp³-hybridized carbons (Fsp3) is 0.194. The fourth-order valence-corrected chi connectivity index (χ4v) is 5.83. The van der Waals surface area contributed by atoms with Crippen LogP contribution >= 0.6 is 34.8 Å². The Morgan fingerprint density at radius 2 is 1.62 bits per heavy atom. The maximum absolute atomic E-state index is 13.7. The van der Waals surface area contributed by atoms with Crippen LogP contribution in [-0.4, -0.2) is 46.0 Å². The van der Waals surface area contributed by atoms with Crippen LogP contribution in [0.15, 0.2) is 78.9 Å². The van der Waals surface area contributed by atoms with E-state index in [-0.39, 0.29) is 38.4 Å². The lowest BCUT2D eigenvalue weighted by Crippen LogP contribution is -2.52. The van der Waals surface area contributed by atoms with E-state index in [4.69, 9.17) is 39.5 Å². The minimum atomic E-state index is -0.764. The Labute approximate surface area is 256 Å². The highest BCUT2D eigenvalue weighted by Gasteiger charge is 2.53. The molecule has 1 saturated heterocycles. The molecule has 1 aliphatic carbocycles. The molecule has 0 spiro atoms. The van der Waals surface area contributed by atoms with E-state index in [1.165, 1.54) is 54.6 Å². The highest BCUT2D eigenvalue weighted by atomic mass is 35.5. The second-order valence-electron chi connectivity index (χ2n) is 9.95. The van der Waals surface area contributed by atoms with Crippen molar-refractivity contribution >= 4 is 64.3 Å². The monoisotopic (exact) mass is 624 g/mol. The van der Waals surface area contributed by atoms with E-state index >= 15 is 0 Å². The van der Waals surface area contributed by atoms with Gasteiger partial charge in [0.15, 0.2) is 5.78 Å². The van der Waals surface area contributed by atoms with E-state index in [0.29, 0.717) is 11.4 Å². The van der Waals surface area contributed by atoms with E-state index in [9.17, 15) is 24.0 Å².